The summed E-state index contributed by atoms with van der Waals surface area (Å²) in [6.45, 7) is 0. The maximum Gasteiger partial charge on any atom is 0.274 e. The summed E-state index contributed by atoms with van der Waals surface area (Å²) in [6.07, 6.45) is 1.50. The molecule has 1 aromatic heterocycles. The summed E-state index contributed by atoms with van der Waals surface area (Å²) >= 11 is 0. The number of pyridine rings is 1. The second kappa shape index (κ2) is 5.80. The third kappa shape index (κ3) is 2.90. The minimum absolute atomic E-state index is 0.0584. The Bertz CT molecular complexity index is 694. The number of nitrogens with zero attached hydrogens (tertiary/aromatic N) is 2. The average Bonchev–Trinajstić information content (AvgIpc) is 2.49. The van der Waals surface area contributed by atoms with Crippen LogP contribution in [0, 0.1) is 17.1 Å². The van der Waals surface area contributed by atoms with E-state index < -0.39 is 11.7 Å². The third-order valence-electron chi connectivity index (χ3n) is 2.63. The van der Waals surface area contributed by atoms with Crippen LogP contribution in [0.1, 0.15) is 16.1 Å². The number of hydrogen-bond donors (Lipinski definition) is 2. The lowest BCUT2D eigenvalue weighted by molar-refractivity contribution is 0.102. The van der Waals surface area contributed by atoms with Crippen LogP contribution in [0.25, 0.3) is 0 Å². The number of amides is 1. The minimum atomic E-state index is -0.533. The standard InChI is InChI=1S/C14H11FN4O/c1-17-11-4-5-18-13(7-11)14(20)19-12-3-2-10(15)6-9(12)8-16/h2-7H,1H3,(H,17,18)(H,19,20). The van der Waals surface area contributed by atoms with Crippen molar-refractivity contribution in [3.63, 3.8) is 0 Å². The van der Waals surface area contributed by atoms with Crippen molar-refractivity contribution in [2.24, 2.45) is 0 Å². The van der Waals surface area contributed by atoms with Crippen LogP contribution in [0.5, 0.6) is 0 Å². The van der Waals surface area contributed by atoms with Crippen LogP contribution in [-0.4, -0.2) is 17.9 Å². The number of carbonyl (C=O) groups is 1. The van der Waals surface area contributed by atoms with Gasteiger partial charge in [-0.15, -0.1) is 0 Å². The number of hydrogen-bond acceptors (Lipinski definition) is 4. The fraction of sp³-hybridized carbons (Fsp3) is 0.0714. The summed E-state index contributed by atoms with van der Waals surface area (Å²) in [5, 5.41) is 14.3. The topological polar surface area (TPSA) is 77.8 Å². The maximum atomic E-state index is 13.0. The van der Waals surface area contributed by atoms with E-state index in [0.717, 1.165) is 11.8 Å². The van der Waals surface area contributed by atoms with Gasteiger partial charge in [0, 0.05) is 18.9 Å². The molecule has 0 spiro atoms. The first kappa shape index (κ1) is 13.5. The van der Waals surface area contributed by atoms with Crippen LogP contribution in [-0.2, 0) is 0 Å². The molecular formula is C14H11FN4O. The molecule has 0 aliphatic carbocycles. The van der Waals surface area contributed by atoms with Gasteiger partial charge in [0.05, 0.1) is 11.3 Å². The highest BCUT2D eigenvalue weighted by molar-refractivity contribution is 6.04. The van der Waals surface area contributed by atoms with E-state index in [1.165, 1.54) is 18.3 Å². The summed E-state index contributed by atoms with van der Waals surface area (Å²) in [7, 11) is 1.73. The molecule has 0 aliphatic rings. The molecule has 0 radical (unpaired) electrons. The molecule has 2 aromatic rings. The SMILES string of the molecule is CNc1ccnc(C(=O)Nc2ccc(F)cc2C#N)c1. The molecule has 1 aromatic carbocycles. The Kier molecular flexibility index (Phi) is 3.91. The van der Waals surface area contributed by atoms with Crippen molar-refractivity contribution >= 4 is 17.3 Å². The molecule has 20 heavy (non-hydrogen) atoms. The lowest BCUT2D eigenvalue weighted by atomic mass is 10.2. The zero-order valence-electron chi connectivity index (χ0n) is 10.6. The Morgan fingerprint density at radius 1 is 1.35 bits per heavy atom. The zero-order chi connectivity index (χ0) is 14.5. The van der Waals surface area contributed by atoms with E-state index in [9.17, 15) is 9.18 Å². The molecule has 1 amide bonds. The predicted molar refractivity (Wildman–Crippen MR) is 72.9 cm³/mol. The summed E-state index contributed by atoms with van der Waals surface area (Å²) in [4.78, 5) is 16.0. The van der Waals surface area contributed by atoms with Gasteiger partial charge in [-0.1, -0.05) is 0 Å². The molecule has 0 bridgehead atoms. The highest BCUT2D eigenvalue weighted by Crippen LogP contribution is 2.17. The summed E-state index contributed by atoms with van der Waals surface area (Å²) in [5.41, 5.74) is 1.24. The van der Waals surface area contributed by atoms with Gasteiger partial charge in [0.15, 0.2) is 0 Å². The molecular weight excluding hydrogens is 259 g/mol. The Morgan fingerprint density at radius 3 is 2.85 bits per heavy atom. The summed E-state index contributed by atoms with van der Waals surface area (Å²) in [6, 6.07) is 8.70. The van der Waals surface area contributed by atoms with Crippen molar-refractivity contribution in [2.45, 2.75) is 0 Å². The van der Waals surface area contributed by atoms with Crippen LogP contribution < -0.4 is 10.6 Å². The molecule has 1 heterocycles. The molecule has 0 aliphatic heterocycles. The second-order valence-corrected chi connectivity index (χ2v) is 3.94. The molecule has 2 rings (SSSR count). The number of nitriles is 1. The molecule has 0 saturated heterocycles. The quantitative estimate of drug-likeness (QED) is 0.897. The van der Waals surface area contributed by atoms with E-state index in [1.807, 2.05) is 6.07 Å². The van der Waals surface area contributed by atoms with Crippen LogP contribution in [0.3, 0.4) is 0 Å². The van der Waals surface area contributed by atoms with E-state index in [1.54, 1.807) is 19.2 Å². The van der Waals surface area contributed by atoms with Crippen LogP contribution >= 0.6 is 0 Å². The lowest BCUT2D eigenvalue weighted by Gasteiger charge is -2.07. The Labute approximate surface area is 115 Å². The van der Waals surface area contributed by atoms with Crippen LogP contribution in [0.2, 0.25) is 0 Å². The first-order chi connectivity index (χ1) is 9.63. The normalized spacial score (nSPS) is 9.65. The van der Waals surface area contributed by atoms with Gasteiger partial charge >= 0.3 is 0 Å². The fourth-order valence-corrected chi connectivity index (χ4v) is 1.61. The molecule has 0 saturated carbocycles. The average molecular weight is 270 g/mol. The number of anilines is 2. The van der Waals surface area contributed by atoms with Gasteiger partial charge < -0.3 is 10.6 Å². The summed E-state index contributed by atoms with van der Waals surface area (Å²) in [5.74, 6) is -1.000. The Morgan fingerprint density at radius 2 is 2.15 bits per heavy atom. The van der Waals surface area contributed by atoms with E-state index in [-0.39, 0.29) is 16.9 Å². The highest BCUT2D eigenvalue weighted by atomic mass is 19.1. The third-order valence-corrected chi connectivity index (χ3v) is 2.63. The maximum absolute atomic E-state index is 13.0. The first-order valence-electron chi connectivity index (χ1n) is 5.79. The van der Waals surface area contributed by atoms with Crippen LogP contribution in [0.15, 0.2) is 36.5 Å². The van der Waals surface area contributed by atoms with Gasteiger partial charge in [0.25, 0.3) is 5.91 Å². The van der Waals surface area contributed by atoms with Crippen molar-refractivity contribution < 1.29 is 9.18 Å². The van der Waals surface area contributed by atoms with Gasteiger partial charge in [-0.3, -0.25) is 9.78 Å². The Hall–Kier alpha value is -2.94. The number of benzene rings is 1. The predicted octanol–water partition coefficient (Wildman–Crippen LogP) is 2.39. The lowest BCUT2D eigenvalue weighted by Crippen LogP contribution is -2.14. The molecule has 0 unspecified atom stereocenters. The number of aromatic nitrogens is 1. The van der Waals surface area contributed by atoms with Crippen molar-refractivity contribution in [3.05, 3.63) is 53.6 Å². The van der Waals surface area contributed by atoms with Gasteiger partial charge in [-0.05, 0) is 30.3 Å². The van der Waals surface area contributed by atoms with E-state index in [4.69, 9.17) is 5.26 Å². The van der Waals surface area contributed by atoms with Gasteiger partial charge in [-0.2, -0.15) is 5.26 Å². The number of rotatable bonds is 3. The molecule has 100 valence electrons. The fourth-order valence-electron chi connectivity index (χ4n) is 1.61. The van der Waals surface area contributed by atoms with Crippen LogP contribution in [0.4, 0.5) is 15.8 Å². The Balaban J connectivity index is 2.26. The monoisotopic (exact) mass is 270 g/mol. The summed E-state index contributed by atoms with van der Waals surface area (Å²) < 4.78 is 13.0. The van der Waals surface area contributed by atoms with Gasteiger partial charge in [0.2, 0.25) is 0 Å². The largest absolute Gasteiger partial charge is 0.388 e. The van der Waals surface area contributed by atoms with Gasteiger partial charge in [0.1, 0.15) is 17.6 Å². The van der Waals surface area contributed by atoms with E-state index >= 15 is 0 Å². The second-order valence-electron chi connectivity index (χ2n) is 3.94. The number of halogens is 1. The van der Waals surface area contributed by atoms with E-state index in [2.05, 4.69) is 15.6 Å². The van der Waals surface area contributed by atoms with Crippen molar-refractivity contribution in [3.8, 4) is 6.07 Å². The molecule has 6 heteroatoms. The zero-order valence-corrected chi connectivity index (χ0v) is 10.6. The molecule has 0 fully saturated rings. The number of carbonyl (C=O) groups excluding carboxylic acids is 1. The minimum Gasteiger partial charge on any atom is -0.388 e. The first-order valence-corrected chi connectivity index (χ1v) is 5.79. The number of nitrogens with one attached hydrogen (secondary N) is 2. The molecule has 5 nitrogen and oxygen atoms in total. The van der Waals surface area contributed by atoms with E-state index in [0.29, 0.717) is 0 Å². The smallest absolute Gasteiger partial charge is 0.274 e. The molecule has 2 N–H and O–H groups in total. The molecule has 0 atom stereocenters. The highest BCUT2D eigenvalue weighted by Gasteiger charge is 2.11. The van der Waals surface area contributed by atoms with Crippen molar-refractivity contribution in [1.29, 1.82) is 5.26 Å². The van der Waals surface area contributed by atoms with Gasteiger partial charge in [-0.25, -0.2) is 4.39 Å². The van der Waals surface area contributed by atoms with Crippen molar-refractivity contribution in [1.82, 2.24) is 4.98 Å². The van der Waals surface area contributed by atoms with Crippen molar-refractivity contribution in [2.75, 3.05) is 17.7 Å².